The Morgan fingerprint density at radius 2 is 1.82 bits per heavy atom. The predicted molar refractivity (Wildman–Crippen MR) is 79.2 cm³/mol. The van der Waals surface area contributed by atoms with Crippen LogP contribution in [0.4, 0.5) is 0 Å². The average Bonchev–Trinajstić information content (AvgIpc) is 3.15. The highest BCUT2D eigenvalue weighted by Crippen LogP contribution is 2.56. The van der Waals surface area contributed by atoms with Crippen molar-refractivity contribution in [3.63, 3.8) is 0 Å². The molecule has 3 fully saturated rings. The van der Waals surface area contributed by atoms with Crippen molar-refractivity contribution in [3.8, 4) is 0 Å². The normalized spacial score (nSPS) is 42.5. The van der Waals surface area contributed by atoms with Crippen molar-refractivity contribution in [2.45, 2.75) is 70.4 Å². The molecular weight excluding hydrogens is 284 g/mol. The van der Waals surface area contributed by atoms with Gasteiger partial charge in [-0.2, -0.15) is 0 Å². The van der Waals surface area contributed by atoms with Crippen LogP contribution in [0.5, 0.6) is 0 Å². The standard InChI is InChI=1S/C17H26O5/c1-2-3-4-5-6-7-13-21-15-10-8-11(16(15)22-13)14(17(19)20)12(10)9-18/h9-16H,2-8H2,1H3,(H,19,20). The molecule has 2 aliphatic carbocycles. The number of fused-ring (bicyclic) bond motifs is 5. The summed E-state index contributed by atoms with van der Waals surface area (Å²) in [6.07, 6.45) is 8.06. The molecule has 1 N–H and O–H groups in total. The van der Waals surface area contributed by atoms with E-state index in [1.807, 2.05) is 0 Å². The molecule has 0 spiro atoms. The van der Waals surface area contributed by atoms with Gasteiger partial charge in [-0.1, -0.05) is 32.6 Å². The van der Waals surface area contributed by atoms with Crippen molar-refractivity contribution >= 4 is 12.3 Å². The number of ether oxygens (including phenoxy) is 2. The van der Waals surface area contributed by atoms with Crippen LogP contribution in [0, 0.1) is 23.7 Å². The number of aldehydes is 1. The maximum Gasteiger partial charge on any atom is 0.307 e. The van der Waals surface area contributed by atoms with E-state index < -0.39 is 17.8 Å². The maximum absolute atomic E-state index is 11.4. The van der Waals surface area contributed by atoms with Crippen LogP contribution >= 0.6 is 0 Å². The summed E-state index contributed by atoms with van der Waals surface area (Å²) in [5, 5.41) is 9.39. The fourth-order valence-corrected chi connectivity index (χ4v) is 4.67. The second-order valence-electron chi connectivity index (χ2n) is 6.97. The molecule has 3 rings (SSSR count). The molecule has 2 saturated carbocycles. The van der Waals surface area contributed by atoms with Gasteiger partial charge in [-0.05, 0) is 25.2 Å². The molecule has 0 radical (unpaired) electrons. The van der Waals surface area contributed by atoms with E-state index in [0.29, 0.717) is 0 Å². The molecule has 7 unspecified atom stereocenters. The van der Waals surface area contributed by atoms with Crippen LogP contribution in [-0.4, -0.2) is 35.9 Å². The van der Waals surface area contributed by atoms with Crippen LogP contribution in [-0.2, 0) is 19.1 Å². The minimum absolute atomic E-state index is 0.0266. The fourth-order valence-electron chi connectivity index (χ4n) is 4.67. The zero-order valence-electron chi connectivity index (χ0n) is 13.1. The number of hydrogen-bond donors (Lipinski definition) is 1. The third kappa shape index (κ3) is 2.69. The number of carbonyl (C=O) groups is 2. The van der Waals surface area contributed by atoms with Gasteiger partial charge in [0.25, 0.3) is 0 Å². The zero-order chi connectivity index (χ0) is 15.7. The molecule has 1 heterocycles. The molecule has 22 heavy (non-hydrogen) atoms. The molecule has 7 atom stereocenters. The van der Waals surface area contributed by atoms with E-state index in [-0.39, 0.29) is 30.3 Å². The van der Waals surface area contributed by atoms with Crippen LogP contribution in [0.15, 0.2) is 0 Å². The Morgan fingerprint density at radius 3 is 2.45 bits per heavy atom. The Morgan fingerprint density at radius 1 is 1.14 bits per heavy atom. The number of aliphatic carboxylic acids is 1. The summed E-state index contributed by atoms with van der Waals surface area (Å²) in [6, 6.07) is 0. The van der Waals surface area contributed by atoms with Crippen LogP contribution in [0.25, 0.3) is 0 Å². The number of hydrogen-bond acceptors (Lipinski definition) is 4. The van der Waals surface area contributed by atoms with Crippen molar-refractivity contribution in [2.75, 3.05) is 0 Å². The molecule has 2 bridgehead atoms. The first kappa shape index (κ1) is 15.9. The molecular formula is C17H26O5. The quantitative estimate of drug-likeness (QED) is 0.551. The molecule has 0 amide bonds. The van der Waals surface area contributed by atoms with E-state index in [0.717, 1.165) is 25.5 Å². The molecule has 5 nitrogen and oxygen atoms in total. The largest absolute Gasteiger partial charge is 0.481 e. The number of unbranched alkanes of at least 4 members (excludes halogenated alkanes) is 4. The van der Waals surface area contributed by atoms with Crippen molar-refractivity contribution in [1.82, 2.24) is 0 Å². The summed E-state index contributed by atoms with van der Waals surface area (Å²) in [6.45, 7) is 2.20. The molecule has 5 heteroatoms. The summed E-state index contributed by atoms with van der Waals surface area (Å²) < 4.78 is 12.0. The lowest BCUT2D eigenvalue weighted by Crippen LogP contribution is -2.43. The lowest BCUT2D eigenvalue weighted by atomic mass is 9.77. The zero-order valence-corrected chi connectivity index (χ0v) is 13.1. The van der Waals surface area contributed by atoms with Gasteiger partial charge in [0.2, 0.25) is 0 Å². The van der Waals surface area contributed by atoms with Gasteiger partial charge in [0, 0.05) is 11.8 Å². The van der Waals surface area contributed by atoms with E-state index in [4.69, 9.17) is 9.47 Å². The first-order valence-electron chi connectivity index (χ1n) is 8.66. The smallest absolute Gasteiger partial charge is 0.307 e. The Kier molecular flexibility index (Phi) is 4.83. The summed E-state index contributed by atoms with van der Waals surface area (Å²) >= 11 is 0. The number of rotatable bonds is 8. The van der Waals surface area contributed by atoms with E-state index in [1.54, 1.807) is 0 Å². The lowest BCUT2D eigenvalue weighted by molar-refractivity contribution is -0.150. The van der Waals surface area contributed by atoms with Crippen LogP contribution in [0.2, 0.25) is 0 Å². The molecule has 1 aliphatic heterocycles. The topological polar surface area (TPSA) is 72.8 Å². The highest BCUT2D eigenvalue weighted by Gasteiger charge is 2.64. The van der Waals surface area contributed by atoms with Crippen LogP contribution in [0.3, 0.4) is 0 Å². The van der Waals surface area contributed by atoms with Gasteiger partial charge < -0.3 is 19.4 Å². The molecule has 0 aromatic heterocycles. The Balaban J connectivity index is 1.54. The van der Waals surface area contributed by atoms with Gasteiger partial charge in [-0.25, -0.2) is 0 Å². The summed E-state index contributed by atoms with van der Waals surface area (Å²) in [5.41, 5.74) is 0. The third-order valence-electron chi connectivity index (χ3n) is 5.69. The van der Waals surface area contributed by atoms with Gasteiger partial charge >= 0.3 is 5.97 Å². The first-order chi connectivity index (χ1) is 10.7. The summed E-state index contributed by atoms with van der Waals surface area (Å²) in [4.78, 5) is 22.7. The second-order valence-corrected chi connectivity index (χ2v) is 6.97. The Hall–Kier alpha value is -0.940. The van der Waals surface area contributed by atoms with Gasteiger partial charge in [-0.15, -0.1) is 0 Å². The van der Waals surface area contributed by atoms with Gasteiger partial charge in [0.1, 0.15) is 6.29 Å². The maximum atomic E-state index is 11.4. The summed E-state index contributed by atoms with van der Waals surface area (Å²) in [7, 11) is 0. The number of carboxylic acids is 1. The monoisotopic (exact) mass is 310 g/mol. The van der Waals surface area contributed by atoms with Gasteiger partial charge in [-0.3, -0.25) is 4.79 Å². The van der Waals surface area contributed by atoms with E-state index in [2.05, 4.69) is 6.92 Å². The number of carbonyl (C=O) groups excluding carboxylic acids is 1. The Bertz CT molecular complexity index is 423. The second kappa shape index (κ2) is 6.67. The minimum atomic E-state index is -0.866. The molecule has 124 valence electrons. The molecule has 0 aromatic carbocycles. The van der Waals surface area contributed by atoms with Gasteiger partial charge in [0.05, 0.1) is 18.1 Å². The fraction of sp³-hybridized carbons (Fsp3) is 0.882. The highest BCUT2D eigenvalue weighted by atomic mass is 16.7. The summed E-state index contributed by atoms with van der Waals surface area (Å²) in [5.74, 6) is -1.90. The van der Waals surface area contributed by atoms with Crippen molar-refractivity contribution in [2.24, 2.45) is 23.7 Å². The lowest BCUT2D eigenvalue weighted by Gasteiger charge is -2.30. The van der Waals surface area contributed by atoms with Gasteiger partial charge in [0.15, 0.2) is 6.29 Å². The third-order valence-corrected chi connectivity index (χ3v) is 5.69. The van der Waals surface area contributed by atoms with E-state index in [1.165, 1.54) is 25.7 Å². The average molecular weight is 310 g/mol. The molecule has 0 aromatic rings. The number of carboxylic acid groups (broad SMARTS) is 1. The van der Waals surface area contributed by atoms with Crippen LogP contribution in [0.1, 0.15) is 51.9 Å². The van der Waals surface area contributed by atoms with E-state index >= 15 is 0 Å². The predicted octanol–water partition coefficient (Wildman–Crippen LogP) is 2.62. The first-order valence-corrected chi connectivity index (χ1v) is 8.66. The molecule has 3 aliphatic rings. The van der Waals surface area contributed by atoms with Crippen molar-refractivity contribution in [3.05, 3.63) is 0 Å². The van der Waals surface area contributed by atoms with E-state index in [9.17, 15) is 14.7 Å². The minimum Gasteiger partial charge on any atom is -0.481 e. The molecule has 1 saturated heterocycles. The van der Waals surface area contributed by atoms with Crippen molar-refractivity contribution < 1.29 is 24.2 Å². The Labute approximate surface area is 131 Å². The van der Waals surface area contributed by atoms with Crippen LogP contribution < -0.4 is 0 Å². The van der Waals surface area contributed by atoms with Crippen molar-refractivity contribution in [1.29, 1.82) is 0 Å². The SMILES string of the molecule is CCCCCCCC1OC2C3CC(C2O1)C(C(=O)O)C3C=O. The highest BCUT2D eigenvalue weighted by molar-refractivity contribution is 5.77.